The first kappa shape index (κ1) is 15.9. The van der Waals surface area contributed by atoms with Gasteiger partial charge in [0.05, 0.1) is 5.75 Å². The van der Waals surface area contributed by atoms with Crippen LogP contribution in [0.4, 0.5) is 0 Å². The minimum atomic E-state index is -3.06. The van der Waals surface area contributed by atoms with Crippen molar-refractivity contribution in [2.75, 3.05) is 38.5 Å². The molecule has 0 amide bonds. The zero-order valence-electron chi connectivity index (χ0n) is 11.6. The van der Waals surface area contributed by atoms with Crippen molar-refractivity contribution in [3.63, 3.8) is 0 Å². The Morgan fingerprint density at radius 3 is 2.50 bits per heavy atom. The Morgan fingerprint density at radius 2 is 1.94 bits per heavy atom. The molecule has 1 heterocycles. The lowest BCUT2D eigenvalue weighted by Gasteiger charge is -2.26. The second-order valence-electron chi connectivity index (χ2n) is 4.83. The molecule has 1 aliphatic rings. The van der Waals surface area contributed by atoms with Crippen LogP contribution < -0.4 is 5.73 Å². The molecule has 0 radical (unpaired) electrons. The first-order chi connectivity index (χ1) is 8.55. The molecule has 0 saturated carbocycles. The number of sulfonamides is 1. The number of unbranched alkanes of at least 4 members (excludes halogenated alkanes) is 1. The lowest BCUT2D eigenvalue weighted by atomic mass is 10.2. The van der Waals surface area contributed by atoms with Gasteiger partial charge in [0.15, 0.2) is 0 Å². The summed E-state index contributed by atoms with van der Waals surface area (Å²) in [6.07, 6.45) is 2.41. The lowest BCUT2D eigenvalue weighted by Crippen LogP contribution is -2.39. The van der Waals surface area contributed by atoms with Crippen LogP contribution in [0.3, 0.4) is 0 Å². The molecule has 0 aromatic carbocycles. The second kappa shape index (κ2) is 7.43. The van der Waals surface area contributed by atoms with Crippen molar-refractivity contribution in [2.24, 2.45) is 5.73 Å². The summed E-state index contributed by atoms with van der Waals surface area (Å²) in [5.74, 6) is 0.245. The average Bonchev–Trinajstić information content (AvgIpc) is 2.81. The van der Waals surface area contributed by atoms with E-state index in [2.05, 4.69) is 18.7 Å². The predicted octanol–water partition coefficient (Wildman–Crippen LogP) is 0.471. The van der Waals surface area contributed by atoms with Crippen molar-refractivity contribution in [3.05, 3.63) is 0 Å². The molecule has 1 unspecified atom stereocenters. The molecule has 2 N–H and O–H groups in total. The van der Waals surface area contributed by atoms with Gasteiger partial charge in [0.1, 0.15) is 0 Å². The van der Waals surface area contributed by atoms with Gasteiger partial charge in [-0.1, -0.05) is 13.8 Å². The number of hydrogen-bond donors (Lipinski definition) is 1. The Balaban J connectivity index is 2.49. The van der Waals surface area contributed by atoms with Crippen LogP contribution >= 0.6 is 0 Å². The summed E-state index contributed by atoms with van der Waals surface area (Å²) in [4.78, 5) is 2.34. The van der Waals surface area contributed by atoms with Gasteiger partial charge < -0.3 is 5.73 Å². The number of hydrogen-bond acceptors (Lipinski definition) is 4. The van der Waals surface area contributed by atoms with Crippen molar-refractivity contribution in [3.8, 4) is 0 Å². The van der Waals surface area contributed by atoms with Crippen molar-refractivity contribution in [2.45, 2.75) is 39.2 Å². The van der Waals surface area contributed by atoms with Crippen LogP contribution in [0.1, 0.15) is 33.1 Å². The Morgan fingerprint density at radius 1 is 1.28 bits per heavy atom. The highest BCUT2D eigenvalue weighted by Crippen LogP contribution is 2.19. The van der Waals surface area contributed by atoms with E-state index in [9.17, 15) is 8.42 Å². The molecule has 6 heteroatoms. The summed E-state index contributed by atoms with van der Waals surface area (Å²) in [5.41, 5.74) is 5.39. The largest absolute Gasteiger partial charge is 0.330 e. The summed E-state index contributed by atoms with van der Waals surface area (Å²) >= 11 is 0. The third-order valence-corrected chi connectivity index (χ3v) is 5.63. The number of likely N-dealkylation sites (N-methyl/N-ethyl adjacent to an activating group) is 1. The van der Waals surface area contributed by atoms with Gasteiger partial charge in [-0.3, -0.25) is 4.90 Å². The van der Waals surface area contributed by atoms with E-state index in [0.717, 1.165) is 25.9 Å². The maximum absolute atomic E-state index is 12.1. The molecule has 1 aliphatic heterocycles. The average molecular weight is 277 g/mol. The smallest absolute Gasteiger partial charge is 0.214 e. The Hall–Kier alpha value is -0.170. The Bertz CT molecular complexity index is 328. The highest BCUT2D eigenvalue weighted by molar-refractivity contribution is 7.89. The van der Waals surface area contributed by atoms with Gasteiger partial charge in [-0.25, -0.2) is 12.7 Å². The van der Waals surface area contributed by atoms with Crippen LogP contribution in [0.2, 0.25) is 0 Å². The SMILES string of the molecule is CCN(CC)C1CCN(S(=O)(=O)CCCCN)C1. The summed E-state index contributed by atoms with van der Waals surface area (Å²) in [6.45, 7) is 8.13. The maximum atomic E-state index is 12.1. The fourth-order valence-electron chi connectivity index (χ4n) is 2.56. The van der Waals surface area contributed by atoms with Gasteiger partial charge in [-0.05, 0) is 38.9 Å². The van der Waals surface area contributed by atoms with Crippen molar-refractivity contribution < 1.29 is 8.42 Å². The molecule has 0 aromatic rings. The van der Waals surface area contributed by atoms with Crippen LogP contribution in [0.25, 0.3) is 0 Å². The van der Waals surface area contributed by atoms with E-state index in [-0.39, 0.29) is 5.75 Å². The van der Waals surface area contributed by atoms with E-state index in [1.807, 2.05) is 0 Å². The molecule has 1 fully saturated rings. The van der Waals surface area contributed by atoms with Crippen LogP contribution in [-0.2, 0) is 10.0 Å². The van der Waals surface area contributed by atoms with Gasteiger partial charge >= 0.3 is 0 Å². The van der Waals surface area contributed by atoms with E-state index >= 15 is 0 Å². The molecule has 5 nitrogen and oxygen atoms in total. The fraction of sp³-hybridized carbons (Fsp3) is 1.00. The van der Waals surface area contributed by atoms with E-state index in [4.69, 9.17) is 5.73 Å². The predicted molar refractivity (Wildman–Crippen MR) is 75.0 cm³/mol. The quantitative estimate of drug-likeness (QED) is 0.655. The van der Waals surface area contributed by atoms with Gasteiger partial charge in [-0.15, -0.1) is 0 Å². The monoisotopic (exact) mass is 277 g/mol. The van der Waals surface area contributed by atoms with Crippen LogP contribution in [0, 0.1) is 0 Å². The minimum Gasteiger partial charge on any atom is -0.330 e. The highest BCUT2D eigenvalue weighted by atomic mass is 32.2. The van der Waals surface area contributed by atoms with Gasteiger partial charge in [0, 0.05) is 19.1 Å². The van der Waals surface area contributed by atoms with E-state index in [1.165, 1.54) is 0 Å². The molecule has 1 rings (SSSR count). The third-order valence-electron chi connectivity index (χ3n) is 3.70. The molecule has 1 saturated heterocycles. The highest BCUT2D eigenvalue weighted by Gasteiger charge is 2.32. The minimum absolute atomic E-state index is 0.245. The van der Waals surface area contributed by atoms with E-state index in [1.54, 1.807) is 4.31 Å². The first-order valence-corrected chi connectivity index (χ1v) is 8.58. The first-order valence-electron chi connectivity index (χ1n) is 6.97. The summed E-state index contributed by atoms with van der Waals surface area (Å²) in [7, 11) is -3.06. The maximum Gasteiger partial charge on any atom is 0.214 e. The zero-order valence-corrected chi connectivity index (χ0v) is 12.5. The zero-order chi connectivity index (χ0) is 13.6. The van der Waals surface area contributed by atoms with Gasteiger partial charge in [-0.2, -0.15) is 0 Å². The summed E-state index contributed by atoms with van der Waals surface area (Å²) in [6, 6.07) is 0.393. The standard InChI is InChI=1S/C12H27N3O2S/c1-3-14(4-2)12-7-9-15(11-12)18(16,17)10-6-5-8-13/h12H,3-11,13H2,1-2H3. The van der Waals surface area contributed by atoms with E-state index < -0.39 is 10.0 Å². The molecule has 0 spiro atoms. The lowest BCUT2D eigenvalue weighted by molar-refractivity contribution is 0.224. The number of rotatable bonds is 8. The Labute approximate surface area is 111 Å². The van der Waals surface area contributed by atoms with Crippen molar-refractivity contribution in [1.82, 2.24) is 9.21 Å². The molecule has 0 aromatic heterocycles. The van der Waals surface area contributed by atoms with Crippen LogP contribution in [0.5, 0.6) is 0 Å². The normalized spacial score (nSPS) is 21.9. The van der Waals surface area contributed by atoms with E-state index in [0.29, 0.717) is 32.1 Å². The van der Waals surface area contributed by atoms with Crippen molar-refractivity contribution in [1.29, 1.82) is 0 Å². The van der Waals surface area contributed by atoms with Crippen LogP contribution in [-0.4, -0.2) is 62.1 Å². The molecule has 1 atom stereocenters. The molecular formula is C12H27N3O2S. The molecule has 0 bridgehead atoms. The van der Waals surface area contributed by atoms with Crippen molar-refractivity contribution >= 4 is 10.0 Å². The number of nitrogens with two attached hydrogens (primary N) is 1. The summed E-state index contributed by atoms with van der Waals surface area (Å²) < 4.78 is 25.9. The van der Waals surface area contributed by atoms with Gasteiger partial charge in [0.25, 0.3) is 0 Å². The summed E-state index contributed by atoms with van der Waals surface area (Å²) in [5, 5.41) is 0. The third kappa shape index (κ3) is 4.19. The number of nitrogens with zero attached hydrogens (tertiary/aromatic N) is 2. The molecule has 0 aliphatic carbocycles. The Kier molecular flexibility index (Phi) is 6.55. The molecular weight excluding hydrogens is 250 g/mol. The second-order valence-corrected chi connectivity index (χ2v) is 6.92. The fourth-order valence-corrected chi connectivity index (χ4v) is 4.17. The van der Waals surface area contributed by atoms with Gasteiger partial charge in [0.2, 0.25) is 10.0 Å². The molecule has 18 heavy (non-hydrogen) atoms. The molecule has 108 valence electrons. The topological polar surface area (TPSA) is 66.6 Å². The van der Waals surface area contributed by atoms with Crippen LogP contribution in [0.15, 0.2) is 0 Å².